The molecule has 1 atom stereocenters. The molecule has 3 aromatic rings. The van der Waals surface area contributed by atoms with Crippen molar-refractivity contribution < 1.29 is 0 Å². The monoisotopic (exact) mass is 327 g/mol. The Balaban J connectivity index is 2.03. The maximum atomic E-state index is 12.9. The van der Waals surface area contributed by atoms with Crippen molar-refractivity contribution in [2.24, 2.45) is 5.10 Å². The summed E-state index contributed by atoms with van der Waals surface area (Å²) < 4.78 is 1.45. The molecule has 0 bridgehead atoms. The van der Waals surface area contributed by atoms with Crippen LogP contribution < -0.4 is 5.56 Å². The van der Waals surface area contributed by atoms with Gasteiger partial charge in [0.05, 0.1) is 5.39 Å². The molecule has 3 heterocycles. The highest BCUT2D eigenvalue weighted by Gasteiger charge is 2.23. The third-order valence-electron chi connectivity index (χ3n) is 3.77. The summed E-state index contributed by atoms with van der Waals surface area (Å²) in [5.74, 6) is 0. The number of fused-ring (bicyclic) bond motifs is 2. The third-order valence-corrected chi connectivity index (χ3v) is 5.81. The SMILES string of the molecule is CC1=Nn2c(nc3scc(-c4ccccc4)c3c2=O)SC1C. The van der Waals surface area contributed by atoms with Crippen molar-refractivity contribution in [3.05, 3.63) is 46.1 Å². The topological polar surface area (TPSA) is 47.2 Å². The van der Waals surface area contributed by atoms with E-state index in [2.05, 4.69) is 17.0 Å². The van der Waals surface area contributed by atoms with E-state index >= 15 is 0 Å². The first kappa shape index (κ1) is 13.7. The molecule has 4 nitrogen and oxygen atoms in total. The summed E-state index contributed by atoms with van der Waals surface area (Å²) in [7, 11) is 0. The van der Waals surface area contributed by atoms with Crippen LogP contribution >= 0.6 is 23.1 Å². The normalized spacial score (nSPS) is 17.4. The zero-order valence-corrected chi connectivity index (χ0v) is 13.7. The second kappa shape index (κ2) is 5.07. The van der Waals surface area contributed by atoms with Crippen molar-refractivity contribution in [2.45, 2.75) is 24.3 Å². The number of hydrogen-bond donors (Lipinski definition) is 0. The molecule has 0 aliphatic carbocycles. The standard InChI is InChI=1S/C16H13N3OS2/c1-9-10(2)22-16-17-14-13(15(20)19(16)18-9)12(8-21-14)11-6-4-3-5-7-11/h3-8,10H,1-2H3. The minimum absolute atomic E-state index is 0.0844. The van der Waals surface area contributed by atoms with E-state index in [4.69, 9.17) is 0 Å². The van der Waals surface area contributed by atoms with Crippen LogP contribution in [0.5, 0.6) is 0 Å². The fraction of sp³-hybridized carbons (Fsp3) is 0.188. The number of aromatic nitrogens is 2. The van der Waals surface area contributed by atoms with Crippen LogP contribution in [0.4, 0.5) is 0 Å². The van der Waals surface area contributed by atoms with E-state index in [1.807, 2.05) is 42.6 Å². The summed E-state index contributed by atoms with van der Waals surface area (Å²) in [6, 6.07) is 9.94. The molecule has 1 unspecified atom stereocenters. The molecule has 6 heteroatoms. The lowest BCUT2D eigenvalue weighted by molar-refractivity contribution is 0.693. The number of thioether (sulfide) groups is 1. The first-order chi connectivity index (χ1) is 10.6. The van der Waals surface area contributed by atoms with Crippen LogP contribution in [-0.2, 0) is 0 Å². The molecule has 4 rings (SSSR count). The maximum Gasteiger partial charge on any atom is 0.284 e. The summed E-state index contributed by atoms with van der Waals surface area (Å²) in [6.45, 7) is 4.02. The van der Waals surface area contributed by atoms with Gasteiger partial charge in [0.2, 0.25) is 0 Å². The molecule has 22 heavy (non-hydrogen) atoms. The number of thiophene rings is 1. The van der Waals surface area contributed by atoms with Gasteiger partial charge in [-0.05, 0) is 19.4 Å². The van der Waals surface area contributed by atoms with E-state index < -0.39 is 0 Å². The predicted octanol–water partition coefficient (Wildman–Crippen LogP) is 3.84. The van der Waals surface area contributed by atoms with E-state index in [1.165, 1.54) is 16.0 Å². The maximum absolute atomic E-state index is 12.9. The number of rotatable bonds is 1. The number of hydrogen-bond acceptors (Lipinski definition) is 5. The van der Waals surface area contributed by atoms with E-state index in [-0.39, 0.29) is 10.8 Å². The van der Waals surface area contributed by atoms with Crippen molar-refractivity contribution in [3.63, 3.8) is 0 Å². The highest BCUT2D eigenvalue weighted by Crippen LogP contribution is 2.33. The van der Waals surface area contributed by atoms with Crippen LogP contribution in [0.25, 0.3) is 21.3 Å². The summed E-state index contributed by atoms with van der Waals surface area (Å²) >= 11 is 3.09. The second-order valence-electron chi connectivity index (χ2n) is 5.21. The zero-order chi connectivity index (χ0) is 15.3. The lowest BCUT2D eigenvalue weighted by Gasteiger charge is -2.18. The van der Waals surface area contributed by atoms with Gasteiger partial charge in [0.15, 0.2) is 5.16 Å². The first-order valence-electron chi connectivity index (χ1n) is 6.97. The van der Waals surface area contributed by atoms with Crippen LogP contribution in [0.2, 0.25) is 0 Å². The van der Waals surface area contributed by atoms with E-state index in [1.54, 1.807) is 11.8 Å². The Morgan fingerprint density at radius 2 is 2.00 bits per heavy atom. The molecular formula is C16H13N3OS2. The Hall–Kier alpha value is -1.92. The summed E-state index contributed by atoms with van der Waals surface area (Å²) in [4.78, 5) is 18.3. The van der Waals surface area contributed by atoms with Crippen molar-refractivity contribution in [1.29, 1.82) is 0 Å². The zero-order valence-electron chi connectivity index (χ0n) is 12.1. The van der Waals surface area contributed by atoms with E-state index in [0.29, 0.717) is 10.5 Å². The Morgan fingerprint density at radius 1 is 1.23 bits per heavy atom. The fourth-order valence-electron chi connectivity index (χ4n) is 2.44. The van der Waals surface area contributed by atoms with Crippen molar-refractivity contribution >= 4 is 39.0 Å². The molecule has 1 aliphatic rings. The molecule has 0 spiro atoms. The average molecular weight is 327 g/mol. The molecule has 0 saturated carbocycles. The van der Waals surface area contributed by atoms with Gasteiger partial charge in [0, 0.05) is 21.9 Å². The molecule has 1 aromatic carbocycles. The molecule has 2 aromatic heterocycles. The van der Waals surface area contributed by atoms with Gasteiger partial charge in [-0.1, -0.05) is 42.1 Å². The third kappa shape index (κ3) is 2.02. The lowest BCUT2D eigenvalue weighted by atomic mass is 10.1. The van der Waals surface area contributed by atoms with Crippen molar-refractivity contribution in [1.82, 2.24) is 9.66 Å². The molecule has 0 N–H and O–H groups in total. The summed E-state index contributed by atoms with van der Waals surface area (Å²) in [5.41, 5.74) is 2.83. The van der Waals surface area contributed by atoms with E-state index in [0.717, 1.165) is 21.7 Å². The van der Waals surface area contributed by atoms with Gasteiger partial charge < -0.3 is 0 Å². The van der Waals surface area contributed by atoms with Gasteiger partial charge in [0.25, 0.3) is 5.56 Å². The summed E-state index contributed by atoms with van der Waals surface area (Å²) in [6.07, 6.45) is 0. The molecule has 110 valence electrons. The van der Waals surface area contributed by atoms with E-state index in [9.17, 15) is 4.79 Å². The van der Waals surface area contributed by atoms with Crippen LogP contribution in [0.1, 0.15) is 13.8 Å². The minimum Gasteiger partial charge on any atom is -0.266 e. The van der Waals surface area contributed by atoms with Gasteiger partial charge in [-0.3, -0.25) is 4.79 Å². The Kier molecular flexibility index (Phi) is 3.16. The summed E-state index contributed by atoms with van der Waals surface area (Å²) in [5, 5.41) is 8.02. The molecule has 1 aliphatic heterocycles. The predicted molar refractivity (Wildman–Crippen MR) is 93.1 cm³/mol. The molecule has 0 radical (unpaired) electrons. The highest BCUT2D eigenvalue weighted by molar-refractivity contribution is 8.00. The molecule has 0 fully saturated rings. The first-order valence-corrected chi connectivity index (χ1v) is 8.73. The molecule has 0 saturated heterocycles. The quantitative estimate of drug-likeness (QED) is 0.638. The Labute approximate surface area is 135 Å². The average Bonchev–Trinajstić information content (AvgIpc) is 2.95. The second-order valence-corrected chi connectivity index (χ2v) is 7.37. The van der Waals surface area contributed by atoms with Gasteiger partial charge in [-0.2, -0.15) is 9.78 Å². The highest BCUT2D eigenvalue weighted by atomic mass is 32.2. The van der Waals surface area contributed by atoms with Crippen LogP contribution in [-0.4, -0.2) is 20.6 Å². The number of benzene rings is 1. The van der Waals surface area contributed by atoms with Crippen LogP contribution in [0, 0.1) is 0 Å². The van der Waals surface area contributed by atoms with Gasteiger partial charge in [-0.25, -0.2) is 4.98 Å². The van der Waals surface area contributed by atoms with Crippen molar-refractivity contribution in [2.75, 3.05) is 0 Å². The Bertz CT molecular complexity index is 957. The lowest BCUT2D eigenvalue weighted by Crippen LogP contribution is -2.27. The van der Waals surface area contributed by atoms with Crippen molar-refractivity contribution in [3.8, 4) is 11.1 Å². The molecular weight excluding hydrogens is 314 g/mol. The Morgan fingerprint density at radius 3 is 2.77 bits per heavy atom. The van der Waals surface area contributed by atoms with Crippen LogP contribution in [0.15, 0.2) is 50.8 Å². The van der Waals surface area contributed by atoms with Gasteiger partial charge in [-0.15, -0.1) is 11.3 Å². The van der Waals surface area contributed by atoms with Gasteiger partial charge in [0.1, 0.15) is 4.83 Å². The fourth-order valence-corrected chi connectivity index (χ4v) is 4.34. The van der Waals surface area contributed by atoms with Gasteiger partial charge >= 0.3 is 0 Å². The number of nitrogens with zero attached hydrogens (tertiary/aromatic N) is 3. The molecule has 0 amide bonds. The van der Waals surface area contributed by atoms with Crippen LogP contribution in [0.3, 0.4) is 0 Å². The largest absolute Gasteiger partial charge is 0.284 e. The smallest absolute Gasteiger partial charge is 0.266 e. The minimum atomic E-state index is -0.0844.